The van der Waals surface area contributed by atoms with E-state index in [4.69, 9.17) is 0 Å². The van der Waals surface area contributed by atoms with E-state index < -0.39 is 12.1 Å². The number of nitrogens with one attached hydrogen (secondary N) is 1. The first-order valence-electron chi connectivity index (χ1n) is 12.6. The highest BCUT2D eigenvalue weighted by atomic mass is 32.2. The van der Waals surface area contributed by atoms with Crippen molar-refractivity contribution in [3.05, 3.63) is 93.7 Å². The van der Waals surface area contributed by atoms with Gasteiger partial charge in [0.2, 0.25) is 5.91 Å². The molecule has 0 saturated carbocycles. The van der Waals surface area contributed by atoms with Gasteiger partial charge in [0.1, 0.15) is 12.1 Å². The van der Waals surface area contributed by atoms with E-state index >= 15 is 0 Å². The summed E-state index contributed by atoms with van der Waals surface area (Å²) in [6.07, 6.45) is 0.530. The summed E-state index contributed by atoms with van der Waals surface area (Å²) >= 11 is 2.98. The van der Waals surface area contributed by atoms with E-state index in [9.17, 15) is 19.2 Å². The molecule has 2 aliphatic rings. The standard InChI is InChI=1S/C29H29N3O4S2/c1-19-7-9-21(10-8-19)28(35)32-15-25(33)26-24(32)11-13-31(26)29(36)23(30-27(34)22-12-14-37-17-22)18-38-16-20-5-3-2-4-6-20/h2-10,12,14,17,23-24,26H,11,13,15-16,18H2,1H3,(H,30,34)/t23-,24+,26-/m0/s1. The van der Waals surface area contributed by atoms with Crippen LogP contribution in [0.15, 0.2) is 71.4 Å². The van der Waals surface area contributed by atoms with Gasteiger partial charge >= 0.3 is 0 Å². The molecular formula is C29H29N3O4S2. The monoisotopic (exact) mass is 547 g/mol. The van der Waals surface area contributed by atoms with Crippen molar-refractivity contribution < 1.29 is 19.2 Å². The van der Waals surface area contributed by atoms with E-state index in [1.807, 2.05) is 54.8 Å². The maximum absolute atomic E-state index is 13.8. The highest BCUT2D eigenvalue weighted by Gasteiger charge is 2.52. The fourth-order valence-corrected chi connectivity index (χ4v) is 6.72. The van der Waals surface area contributed by atoms with Gasteiger partial charge in [-0.3, -0.25) is 19.2 Å². The largest absolute Gasteiger partial charge is 0.339 e. The molecule has 3 amide bonds. The summed E-state index contributed by atoms with van der Waals surface area (Å²) in [4.78, 5) is 56.2. The van der Waals surface area contributed by atoms with Gasteiger partial charge in [-0.25, -0.2) is 0 Å². The van der Waals surface area contributed by atoms with Gasteiger partial charge in [-0.2, -0.15) is 23.1 Å². The fourth-order valence-electron chi connectivity index (χ4n) is 5.08. The van der Waals surface area contributed by atoms with Crippen LogP contribution in [0.25, 0.3) is 0 Å². The lowest BCUT2D eigenvalue weighted by molar-refractivity contribution is -0.137. The lowest BCUT2D eigenvalue weighted by Crippen LogP contribution is -2.53. The first-order chi connectivity index (χ1) is 18.4. The molecule has 1 aromatic heterocycles. The van der Waals surface area contributed by atoms with Crippen molar-refractivity contribution in [3.63, 3.8) is 0 Å². The van der Waals surface area contributed by atoms with Crippen LogP contribution in [0.3, 0.4) is 0 Å². The van der Waals surface area contributed by atoms with Crippen molar-refractivity contribution in [1.29, 1.82) is 0 Å². The van der Waals surface area contributed by atoms with Crippen LogP contribution in [0, 0.1) is 6.92 Å². The number of carbonyl (C=O) groups excluding carboxylic acids is 4. The van der Waals surface area contributed by atoms with Gasteiger partial charge < -0.3 is 15.1 Å². The van der Waals surface area contributed by atoms with E-state index in [0.29, 0.717) is 35.6 Å². The second kappa shape index (κ2) is 11.5. The average molecular weight is 548 g/mol. The Hall–Kier alpha value is -3.43. The van der Waals surface area contributed by atoms with E-state index in [-0.39, 0.29) is 36.1 Å². The summed E-state index contributed by atoms with van der Waals surface area (Å²) in [6.45, 7) is 2.31. The molecule has 38 heavy (non-hydrogen) atoms. The Bertz CT molecular complexity index is 1310. The molecule has 2 aromatic carbocycles. The third-order valence-electron chi connectivity index (χ3n) is 7.05. The highest BCUT2D eigenvalue weighted by molar-refractivity contribution is 7.98. The summed E-state index contributed by atoms with van der Waals surface area (Å²) in [7, 11) is 0. The van der Waals surface area contributed by atoms with Crippen LogP contribution < -0.4 is 5.32 Å². The average Bonchev–Trinajstić information content (AvgIpc) is 3.68. The Kier molecular flexibility index (Phi) is 7.95. The number of fused-ring (bicyclic) bond motifs is 1. The molecule has 0 unspecified atom stereocenters. The lowest BCUT2D eigenvalue weighted by atomic mass is 10.1. The molecule has 5 rings (SSSR count). The first-order valence-corrected chi connectivity index (χ1v) is 14.7. The number of nitrogens with zero attached hydrogens (tertiary/aromatic N) is 2. The molecule has 3 heterocycles. The van der Waals surface area contributed by atoms with Crippen LogP contribution in [0.5, 0.6) is 0 Å². The van der Waals surface area contributed by atoms with Crippen molar-refractivity contribution in [2.75, 3.05) is 18.8 Å². The van der Waals surface area contributed by atoms with Crippen molar-refractivity contribution in [2.45, 2.75) is 37.2 Å². The minimum Gasteiger partial charge on any atom is -0.339 e. The third kappa shape index (κ3) is 5.54. The van der Waals surface area contributed by atoms with Crippen LogP contribution in [0.2, 0.25) is 0 Å². The maximum atomic E-state index is 13.8. The van der Waals surface area contributed by atoms with Crippen molar-refractivity contribution in [2.24, 2.45) is 0 Å². The molecular weight excluding hydrogens is 518 g/mol. The normalized spacial score (nSPS) is 19.3. The third-order valence-corrected chi connectivity index (χ3v) is 8.84. The summed E-state index contributed by atoms with van der Waals surface area (Å²) < 4.78 is 0. The first kappa shape index (κ1) is 26.2. The minimum absolute atomic E-state index is 0.0134. The van der Waals surface area contributed by atoms with Crippen LogP contribution in [-0.4, -0.2) is 70.3 Å². The van der Waals surface area contributed by atoms with Gasteiger partial charge in [-0.1, -0.05) is 48.0 Å². The Morgan fingerprint density at radius 1 is 1.03 bits per heavy atom. The number of rotatable bonds is 8. The zero-order valence-corrected chi connectivity index (χ0v) is 22.7. The summed E-state index contributed by atoms with van der Waals surface area (Å²) in [5, 5.41) is 6.47. The van der Waals surface area contributed by atoms with E-state index in [1.54, 1.807) is 45.1 Å². The van der Waals surface area contributed by atoms with Crippen LogP contribution in [-0.2, 0) is 15.3 Å². The topological polar surface area (TPSA) is 86.8 Å². The van der Waals surface area contributed by atoms with Gasteiger partial charge in [-0.15, -0.1) is 0 Å². The quantitative estimate of drug-likeness (QED) is 0.464. The lowest BCUT2D eigenvalue weighted by Gasteiger charge is -2.28. The number of thiophene rings is 1. The molecule has 1 N–H and O–H groups in total. The SMILES string of the molecule is Cc1ccc(C(=O)N2CC(=O)[C@@H]3[C@H]2CCN3C(=O)[C@H](CSCc2ccccc2)NC(=O)c2ccsc2)cc1. The molecule has 0 spiro atoms. The predicted molar refractivity (Wildman–Crippen MR) is 149 cm³/mol. The molecule has 3 atom stereocenters. The zero-order valence-electron chi connectivity index (χ0n) is 21.0. The van der Waals surface area contributed by atoms with Gasteiger partial charge in [-0.05, 0) is 42.5 Å². The number of carbonyl (C=O) groups is 4. The van der Waals surface area contributed by atoms with E-state index in [1.165, 1.54) is 11.3 Å². The molecule has 3 aromatic rings. The number of aryl methyl sites for hydroxylation is 1. The number of hydrogen-bond donors (Lipinski definition) is 1. The van der Waals surface area contributed by atoms with Crippen LogP contribution in [0.1, 0.15) is 38.3 Å². The fraction of sp³-hybridized carbons (Fsp3) is 0.310. The Morgan fingerprint density at radius 2 is 1.79 bits per heavy atom. The molecule has 2 saturated heterocycles. The van der Waals surface area contributed by atoms with Crippen molar-refractivity contribution >= 4 is 46.6 Å². The smallest absolute Gasteiger partial charge is 0.254 e. The molecule has 2 aliphatic heterocycles. The predicted octanol–water partition coefficient (Wildman–Crippen LogP) is 3.78. The summed E-state index contributed by atoms with van der Waals surface area (Å²) in [5.74, 6) is 0.150. The number of thioether (sulfide) groups is 1. The molecule has 0 aliphatic carbocycles. The number of amides is 3. The summed E-state index contributed by atoms with van der Waals surface area (Å²) in [6, 6.07) is 17.1. The van der Waals surface area contributed by atoms with Crippen LogP contribution in [0.4, 0.5) is 0 Å². The molecule has 0 bridgehead atoms. The van der Waals surface area contributed by atoms with Crippen LogP contribution >= 0.6 is 23.1 Å². The highest BCUT2D eigenvalue weighted by Crippen LogP contribution is 2.32. The van der Waals surface area contributed by atoms with Gasteiger partial charge in [0.05, 0.1) is 18.2 Å². The second-order valence-corrected chi connectivity index (χ2v) is 11.4. The summed E-state index contributed by atoms with van der Waals surface area (Å²) in [5.41, 5.74) is 3.22. The maximum Gasteiger partial charge on any atom is 0.254 e. The van der Waals surface area contributed by atoms with Gasteiger partial charge in [0.15, 0.2) is 5.78 Å². The number of Topliss-reactive ketones (excluding diaryl/α,β-unsaturated/α-hetero) is 1. The van der Waals surface area contributed by atoms with Gasteiger partial charge in [0.25, 0.3) is 11.8 Å². The molecule has 196 valence electrons. The molecule has 7 nitrogen and oxygen atoms in total. The number of benzene rings is 2. The number of hydrogen-bond acceptors (Lipinski definition) is 6. The molecule has 9 heteroatoms. The van der Waals surface area contributed by atoms with Crippen molar-refractivity contribution in [1.82, 2.24) is 15.1 Å². The number of likely N-dealkylation sites (tertiary alicyclic amines) is 2. The Labute approximate surface area is 230 Å². The molecule has 2 fully saturated rings. The van der Waals surface area contributed by atoms with Gasteiger partial charge in [0, 0.05) is 29.0 Å². The Balaban J connectivity index is 1.31. The molecule has 0 radical (unpaired) electrons. The van der Waals surface area contributed by atoms with E-state index in [0.717, 1.165) is 11.1 Å². The zero-order chi connectivity index (χ0) is 26.6. The minimum atomic E-state index is -0.787. The van der Waals surface area contributed by atoms with Crippen molar-refractivity contribution in [3.8, 4) is 0 Å². The van der Waals surface area contributed by atoms with E-state index in [2.05, 4.69) is 5.32 Å². The number of ketones is 1. The Morgan fingerprint density at radius 3 is 2.50 bits per heavy atom. The second-order valence-electron chi connectivity index (χ2n) is 9.64.